The van der Waals surface area contributed by atoms with Gasteiger partial charge in [-0.2, -0.15) is 0 Å². The Hall–Kier alpha value is -1.32. The predicted molar refractivity (Wildman–Crippen MR) is 40.4 cm³/mol. The van der Waals surface area contributed by atoms with E-state index in [9.17, 15) is 9.59 Å². The first-order valence-corrected chi connectivity index (χ1v) is 3.89. The van der Waals surface area contributed by atoms with Crippen LogP contribution in [-0.2, 0) is 9.59 Å². The lowest BCUT2D eigenvalue weighted by atomic mass is 10.1. The van der Waals surface area contributed by atoms with Crippen LogP contribution >= 0.6 is 0 Å². The van der Waals surface area contributed by atoms with Gasteiger partial charge in [0.2, 0.25) is 5.91 Å². The van der Waals surface area contributed by atoms with Crippen molar-refractivity contribution < 1.29 is 14.7 Å². The second kappa shape index (κ2) is 2.33. The van der Waals surface area contributed by atoms with Gasteiger partial charge in [0.25, 0.3) is 0 Å². The van der Waals surface area contributed by atoms with Gasteiger partial charge in [0, 0.05) is 0 Å². The summed E-state index contributed by atoms with van der Waals surface area (Å²) in [6.07, 6.45) is 4.55. The van der Waals surface area contributed by atoms with Gasteiger partial charge in [-0.15, -0.1) is 0 Å². The first kappa shape index (κ1) is 7.34. The minimum atomic E-state index is -0.940. The lowest BCUT2D eigenvalue weighted by Gasteiger charge is -2.21. The van der Waals surface area contributed by atoms with Crippen molar-refractivity contribution in [3.63, 3.8) is 0 Å². The fraction of sp³-hybridized carbons (Fsp3) is 0.500. The molecule has 0 saturated carbocycles. The molecule has 4 heteroatoms. The largest absolute Gasteiger partial charge is 0.480 e. The number of hydrogen-bond donors (Lipinski definition) is 1. The Morgan fingerprint density at radius 1 is 1.67 bits per heavy atom. The van der Waals surface area contributed by atoms with Crippen molar-refractivity contribution >= 4 is 11.9 Å². The van der Waals surface area contributed by atoms with Crippen LogP contribution in [-0.4, -0.2) is 34.5 Å². The highest BCUT2D eigenvalue weighted by molar-refractivity contribution is 5.88. The molecule has 0 spiro atoms. The van der Waals surface area contributed by atoms with E-state index in [4.69, 9.17) is 5.11 Å². The van der Waals surface area contributed by atoms with E-state index < -0.39 is 5.97 Å². The molecule has 2 unspecified atom stereocenters. The van der Waals surface area contributed by atoms with Crippen LogP contribution < -0.4 is 0 Å². The van der Waals surface area contributed by atoms with Crippen molar-refractivity contribution in [1.82, 2.24) is 4.90 Å². The molecule has 2 atom stereocenters. The third-order valence-electron chi connectivity index (χ3n) is 2.37. The Morgan fingerprint density at radius 3 is 2.92 bits per heavy atom. The monoisotopic (exact) mass is 167 g/mol. The smallest absolute Gasteiger partial charge is 0.323 e. The van der Waals surface area contributed by atoms with Gasteiger partial charge in [-0.05, 0) is 6.42 Å². The quantitative estimate of drug-likeness (QED) is 0.582. The zero-order chi connectivity index (χ0) is 8.72. The van der Waals surface area contributed by atoms with Gasteiger partial charge < -0.3 is 10.0 Å². The van der Waals surface area contributed by atoms with Crippen LogP contribution in [0.2, 0.25) is 0 Å². The van der Waals surface area contributed by atoms with Crippen molar-refractivity contribution in [2.24, 2.45) is 5.92 Å². The molecule has 4 nitrogen and oxygen atoms in total. The van der Waals surface area contributed by atoms with Crippen LogP contribution in [0.3, 0.4) is 0 Å². The Bertz CT molecular complexity index is 271. The number of carbonyl (C=O) groups is 2. The molecule has 2 aliphatic rings. The molecular formula is C8H9NO3. The van der Waals surface area contributed by atoms with Gasteiger partial charge in [-0.1, -0.05) is 12.2 Å². The van der Waals surface area contributed by atoms with E-state index >= 15 is 0 Å². The number of carboxylic acids is 1. The van der Waals surface area contributed by atoms with Gasteiger partial charge >= 0.3 is 5.97 Å². The third-order valence-corrected chi connectivity index (χ3v) is 2.37. The van der Waals surface area contributed by atoms with Crippen molar-refractivity contribution in [3.8, 4) is 0 Å². The molecule has 2 bridgehead atoms. The Balaban J connectivity index is 2.13. The number of carboxylic acid groups (broad SMARTS) is 1. The van der Waals surface area contributed by atoms with E-state index in [1.807, 2.05) is 12.2 Å². The molecule has 1 aliphatic heterocycles. The maximum atomic E-state index is 11.3. The molecule has 0 aromatic rings. The standard InChI is InChI=1S/C8H9NO3/c10-7(11)4-9-6-2-1-5(3-6)8(9)12/h1-2,5-6H,3-4H2,(H,10,11). The van der Waals surface area contributed by atoms with Crippen LogP contribution in [0.1, 0.15) is 6.42 Å². The van der Waals surface area contributed by atoms with Gasteiger partial charge in [-0.3, -0.25) is 9.59 Å². The van der Waals surface area contributed by atoms with Crippen molar-refractivity contribution in [2.75, 3.05) is 6.54 Å². The van der Waals surface area contributed by atoms with Crippen molar-refractivity contribution in [2.45, 2.75) is 12.5 Å². The number of hydrogen-bond acceptors (Lipinski definition) is 2. The van der Waals surface area contributed by atoms with E-state index in [0.29, 0.717) is 0 Å². The van der Waals surface area contributed by atoms with E-state index in [1.54, 1.807) is 0 Å². The van der Waals surface area contributed by atoms with Crippen LogP contribution in [0.4, 0.5) is 0 Å². The lowest BCUT2D eigenvalue weighted by molar-refractivity contribution is -0.144. The van der Waals surface area contributed by atoms with Crippen molar-refractivity contribution in [1.29, 1.82) is 0 Å². The highest BCUT2D eigenvalue weighted by Crippen LogP contribution is 2.32. The Labute approximate surface area is 69.5 Å². The zero-order valence-electron chi connectivity index (χ0n) is 6.43. The summed E-state index contributed by atoms with van der Waals surface area (Å²) >= 11 is 0. The Kier molecular flexibility index (Phi) is 1.43. The Morgan fingerprint density at radius 2 is 2.42 bits per heavy atom. The molecule has 12 heavy (non-hydrogen) atoms. The lowest BCUT2D eigenvalue weighted by Crippen LogP contribution is -2.38. The van der Waals surface area contributed by atoms with E-state index in [2.05, 4.69) is 0 Å². The number of carbonyl (C=O) groups excluding carboxylic acids is 1. The molecular weight excluding hydrogens is 158 g/mol. The summed E-state index contributed by atoms with van der Waals surface area (Å²) < 4.78 is 0. The van der Waals surface area contributed by atoms with Crippen LogP contribution in [0.25, 0.3) is 0 Å². The number of amides is 1. The summed E-state index contributed by atoms with van der Waals surface area (Å²) in [7, 11) is 0. The van der Waals surface area contributed by atoms with Crippen LogP contribution in [0.15, 0.2) is 12.2 Å². The molecule has 64 valence electrons. The van der Waals surface area contributed by atoms with Gasteiger partial charge in [0.05, 0.1) is 12.0 Å². The molecule has 1 N–H and O–H groups in total. The summed E-state index contributed by atoms with van der Waals surface area (Å²) in [6, 6.07) is 0.0404. The summed E-state index contributed by atoms with van der Waals surface area (Å²) in [6.45, 7) is -0.162. The van der Waals surface area contributed by atoms with Gasteiger partial charge in [0.15, 0.2) is 0 Å². The average Bonchev–Trinajstić information content (AvgIpc) is 2.53. The molecule has 1 heterocycles. The fourth-order valence-corrected chi connectivity index (χ4v) is 1.81. The molecule has 0 radical (unpaired) electrons. The second-order valence-corrected chi connectivity index (χ2v) is 3.15. The molecule has 1 saturated heterocycles. The highest BCUT2D eigenvalue weighted by Gasteiger charge is 2.41. The maximum Gasteiger partial charge on any atom is 0.323 e. The minimum absolute atomic E-state index is 0.0371. The maximum absolute atomic E-state index is 11.3. The first-order valence-electron chi connectivity index (χ1n) is 3.89. The van der Waals surface area contributed by atoms with E-state index in [1.165, 1.54) is 4.90 Å². The van der Waals surface area contributed by atoms with Crippen LogP contribution in [0, 0.1) is 5.92 Å². The molecule has 2 rings (SSSR count). The summed E-state index contributed by atoms with van der Waals surface area (Å²) in [5.74, 6) is -1.02. The fourth-order valence-electron chi connectivity index (χ4n) is 1.81. The van der Waals surface area contributed by atoms with Crippen LogP contribution in [0.5, 0.6) is 0 Å². The number of fused-ring (bicyclic) bond motifs is 2. The highest BCUT2D eigenvalue weighted by atomic mass is 16.4. The minimum Gasteiger partial charge on any atom is -0.480 e. The topological polar surface area (TPSA) is 57.6 Å². The van der Waals surface area contributed by atoms with Gasteiger partial charge in [-0.25, -0.2) is 0 Å². The molecule has 0 aromatic carbocycles. The number of likely N-dealkylation sites (tertiary alicyclic amines) is 1. The summed E-state index contributed by atoms with van der Waals surface area (Å²) in [5.41, 5.74) is 0. The second-order valence-electron chi connectivity index (χ2n) is 3.15. The summed E-state index contributed by atoms with van der Waals surface area (Å²) in [5, 5.41) is 8.50. The summed E-state index contributed by atoms with van der Waals surface area (Å²) in [4.78, 5) is 23.1. The normalized spacial score (nSPS) is 31.7. The number of nitrogens with zero attached hydrogens (tertiary/aromatic N) is 1. The molecule has 1 aliphatic carbocycles. The predicted octanol–water partition coefficient (Wildman–Crippen LogP) is -0.142. The first-order chi connectivity index (χ1) is 5.68. The number of rotatable bonds is 2. The van der Waals surface area contributed by atoms with E-state index in [-0.39, 0.29) is 24.4 Å². The zero-order valence-corrected chi connectivity index (χ0v) is 6.43. The molecule has 1 amide bonds. The van der Waals surface area contributed by atoms with Gasteiger partial charge in [0.1, 0.15) is 6.54 Å². The third kappa shape index (κ3) is 0.913. The molecule has 1 fully saturated rings. The average molecular weight is 167 g/mol. The SMILES string of the molecule is O=C(O)CN1C(=O)C2C=CC1C2. The molecule has 0 aromatic heterocycles. The number of aliphatic carboxylic acids is 1. The van der Waals surface area contributed by atoms with E-state index in [0.717, 1.165) is 6.42 Å². The van der Waals surface area contributed by atoms with Crippen molar-refractivity contribution in [3.05, 3.63) is 12.2 Å².